The summed E-state index contributed by atoms with van der Waals surface area (Å²) in [6, 6.07) is 0. The molecule has 0 spiro atoms. The molecule has 0 bridgehead atoms. The molecule has 1 atom stereocenters. The number of hydrogen-bond donors (Lipinski definition) is 1. The number of allylic oxidation sites excluding steroid dienone is 4. The third-order valence-electron chi connectivity index (χ3n) is 1.16. The van der Waals surface area contributed by atoms with Crippen LogP contribution in [-0.2, 0) is 11.1 Å². The minimum absolute atomic E-state index is 0.0364. The van der Waals surface area contributed by atoms with Gasteiger partial charge in [0.2, 0.25) is 0 Å². The summed E-state index contributed by atoms with van der Waals surface area (Å²) < 4.78 is 20.5. The molecule has 3 nitrogen and oxygen atoms in total. The first-order valence-electron chi connectivity index (χ1n) is 3.14. The molecule has 11 heavy (non-hydrogen) atoms. The smallest absolute Gasteiger partial charge is 0.0504 e. The minimum Gasteiger partial charge on any atom is -0.772 e. The molecule has 0 aromatic carbocycles. The van der Waals surface area contributed by atoms with Crippen molar-refractivity contribution in [1.29, 1.82) is 0 Å². The lowest BCUT2D eigenvalue weighted by Gasteiger charge is -2.07. The molecule has 4 heteroatoms. The number of hydrogen-bond acceptors (Lipinski definition) is 3. The summed E-state index contributed by atoms with van der Waals surface area (Å²) in [6.07, 6.45) is 8.85. The minimum atomic E-state index is -2.02. The normalized spacial score (nSPS) is 18.5. The predicted octanol–water partition coefficient (Wildman–Crippen LogP) is 0.423. The van der Waals surface area contributed by atoms with Gasteiger partial charge in [-0.2, -0.15) is 0 Å². The summed E-state index contributed by atoms with van der Waals surface area (Å²) in [7, 11) is 0. The highest BCUT2D eigenvalue weighted by molar-refractivity contribution is 7.79. The summed E-state index contributed by atoms with van der Waals surface area (Å²) in [5.41, 5.74) is 0.684. The van der Waals surface area contributed by atoms with Crippen molar-refractivity contribution in [3.63, 3.8) is 0 Å². The zero-order valence-corrected chi connectivity index (χ0v) is 6.64. The van der Waals surface area contributed by atoms with E-state index in [4.69, 9.17) is 0 Å². The summed E-state index contributed by atoms with van der Waals surface area (Å²) >= 11 is -2.02. The van der Waals surface area contributed by atoms with Crippen LogP contribution in [-0.4, -0.2) is 14.5 Å². The van der Waals surface area contributed by atoms with Crippen molar-refractivity contribution < 1.29 is 8.76 Å². The second-order valence-electron chi connectivity index (χ2n) is 2.03. The van der Waals surface area contributed by atoms with Gasteiger partial charge in [-0.1, -0.05) is 12.2 Å². The molecule has 0 aliphatic carbocycles. The van der Waals surface area contributed by atoms with Crippen LogP contribution in [0, 0.1) is 0 Å². The largest absolute Gasteiger partial charge is 0.772 e. The van der Waals surface area contributed by atoms with Crippen LogP contribution in [0.25, 0.3) is 0 Å². The van der Waals surface area contributed by atoms with Gasteiger partial charge in [-0.15, -0.1) is 0 Å². The molecule has 1 rings (SSSR count). The van der Waals surface area contributed by atoms with Gasteiger partial charge in [0, 0.05) is 11.9 Å². The fourth-order valence-electron chi connectivity index (χ4n) is 0.711. The quantitative estimate of drug-likeness (QED) is 0.611. The highest BCUT2D eigenvalue weighted by atomic mass is 32.2. The second kappa shape index (κ2) is 4.10. The van der Waals surface area contributed by atoms with Crippen LogP contribution in [0.4, 0.5) is 0 Å². The standard InChI is InChI=1S/C7H9NO2S/c9-11(10)6-7-4-2-1-3-5-8-7/h1-5,8H,6H2,(H,9,10)/p-1. The van der Waals surface area contributed by atoms with E-state index in [0.717, 1.165) is 0 Å². The fourth-order valence-corrected chi connectivity index (χ4v) is 1.14. The van der Waals surface area contributed by atoms with E-state index in [1.165, 1.54) is 0 Å². The van der Waals surface area contributed by atoms with Crippen LogP contribution in [0.3, 0.4) is 0 Å². The summed E-state index contributed by atoms with van der Waals surface area (Å²) in [4.78, 5) is 0. The first kappa shape index (κ1) is 8.23. The molecule has 1 N–H and O–H groups in total. The molecule has 0 saturated carbocycles. The van der Waals surface area contributed by atoms with Gasteiger partial charge in [-0.3, -0.25) is 4.21 Å². The van der Waals surface area contributed by atoms with Gasteiger partial charge in [0.25, 0.3) is 0 Å². The van der Waals surface area contributed by atoms with Gasteiger partial charge < -0.3 is 9.87 Å². The van der Waals surface area contributed by atoms with Crippen molar-refractivity contribution in [2.24, 2.45) is 0 Å². The molecular formula is C7H8NO2S-. The number of nitrogens with one attached hydrogen (secondary N) is 1. The molecule has 0 saturated heterocycles. The van der Waals surface area contributed by atoms with Gasteiger partial charge >= 0.3 is 0 Å². The Bertz CT molecular complexity index is 243. The van der Waals surface area contributed by atoms with Crippen LogP contribution >= 0.6 is 0 Å². The van der Waals surface area contributed by atoms with Crippen LogP contribution in [0.5, 0.6) is 0 Å². The van der Waals surface area contributed by atoms with Crippen molar-refractivity contribution >= 4 is 11.1 Å². The third-order valence-corrected chi connectivity index (χ3v) is 1.70. The van der Waals surface area contributed by atoms with Crippen molar-refractivity contribution in [2.75, 3.05) is 5.75 Å². The van der Waals surface area contributed by atoms with Gasteiger partial charge in [-0.25, -0.2) is 0 Å². The van der Waals surface area contributed by atoms with Crippen LogP contribution in [0.1, 0.15) is 0 Å². The van der Waals surface area contributed by atoms with Crippen LogP contribution in [0.2, 0.25) is 0 Å². The Hall–Kier alpha value is -0.870. The molecule has 1 unspecified atom stereocenters. The van der Waals surface area contributed by atoms with Crippen molar-refractivity contribution in [3.8, 4) is 0 Å². The Morgan fingerprint density at radius 3 is 3.00 bits per heavy atom. The summed E-state index contributed by atoms with van der Waals surface area (Å²) in [5, 5.41) is 2.84. The van der Waals surface area contributed by atoms with Gasteiger partial charge in [0.1, 0.15) is 0 Å². The van der Waals surface area contributed by atoms with Gasteiger partial charge in [0.05, 0.1) is 5.75 Å². The maximum atomic E-state index is 10.3. The lowest BCUT2D eigenvalue weighted by Crippen LogP contribution is -2.11. The van der Waals surface area contributed by atoms with Crippen molar-refractivity contribution in [3.05, 3.63) is 36.2 Å². The Balaban J connectivity index is 2.57. The highest BCUT2D eigenvalue weighted by Crippen LogP contribution is 1.96. The van der Waals surface area contributed by atoms with E-state index in [9.17, 15) is 8.76 Å². The fraction of sp³-hybridized carbons (Fsp3) is 0.143. The van der Waals surface area contributed by atoms with Crippen LogP contribution < -0.4 is 5.32 Å². The monoisotopic (exact) mass is 170 g/mol. The van der Waals surface area contributed by atoms with E-state index in [-0.39, 0.29) is 5.75 Å². The van der Waals surface area contributed by atoms with E-state index >= 15 is 0 Å². The first-order valence-corrected chi connectivity index (χ1v) is 4.38. The lowest BCUT2D eigenvalue weighted by molar-refractivity contribution is 0.538. The van der Waals surface area contributed by atoms with Crippen molar-refractivity contribution in [2.45, 2.75) is 0 Å². The zero-order chi connectivity index (χ0) is 8.10. The van der Waals surface area contributed by atoms with E-state index in [2.05, 4.69) is 5.32 Å². The van der Waals surface area contributed by atoms with Gasteiger partial charge in [-0.05, 0) is 23.2 Å². The highest BCUT2D eigenvalue weighted by Gasteiger charge is 1.93. The molecule has 0 aromatic heterocycles. The molecule has 0 radical (unpaired) electrons. The maximum Gasteiger partial charge on any atom is 0.0504 e. The molecule has 0 amide bonds. The lowest BCUT2D eigenvalue weighted by atomic mass is 10.4. The average molecular weight is 170 g/mol. The summed E-state index contributed by atoms with van der Waals surface area (Å²) in [5.74, 6) is 0.0364. The molecule has 1 aliphatic rings. The van der Waals surface area contributed by atoms with Gasteiger partial charge in [0.15, 0.2) is 0 Å². The van der Waals surface area contributed by atoms with E-state index in [0.29, 0.717) is 5.70 Å². The Morgan fingerprint density at radius 2 is 2.27 bits per heavy atom. The molecule has 1 heterocycles. The SMILES string of the molecule is O=S([O-])CC1=CC=CC=CN1. The molecule has 0 fully saturated rings. The molecule has 1 aliphatic heterocycles. The van der Waals surface area contributed by atoms with E-state index < -0.39 is 11.1 Å². The van der Waals surface area contributed by atoms with E-state index in [1.807, 2.05) is 6.08 Å². The average Bonchev–Trinajstić information content (AvgIpc) is 2.14. The Morgan fingerprint density at radius 1 is 1.45 bits per heavy atom. The van der Waals surface area contributed by atoms with Crippen molar-refractivity contribution in [1.82, 2.24) is 5.32 Å². The topological polar surface area (TPSA) is 52.2 Å². The van der Waals surface area contributed by atoms with E-state index in [1.54, 1.807) is 24.4 Å². The maximum absolute atomic E-state index is 10.3. The Kier molecular flexibility index (Phi) is 3.07. The second-order valence-corrected chi connectivity index (χ2v) is 2.92. The first-order chi connectivity index (χ1) is 5.29. The molecule has 0 aromatic rings. The molecular weight excluding hydrogens is 162 g/mol. The molecule has 60 valence electrons. The number of rotatable bonds is 2. The summed E-state index contributed by atoms with van der Waals surface area (Å²) in [6.45, 7) is 0. The van der Waals surface area contributed by atoms with Crippen LogP contribution in [0.15, 0.2) is 36.2 Å². The zero-order valence-electron chi connectivity index (χ0n) is 5.82. The predicted molar refractivity (Wildman–Crippen MR) is 43.3 cm³/mol. The third kappa shape index (κ3) is 3.15. The Labute approximate surface area is 67.8 Å².